The van der Waals surface area contributed by atoms with Gasteiger partial charge < -0.3 is 10.1 Å². The van der Waals surface area contributed by atoms with Gasteiger partial charge in [-0.2, -0.15) is 31.1 Å². The SMILES string of the molecule is O=C(COS(=O)C(F)(F)F)c1ccccc1.O=S([O-])C(F)(F)F.[N-]=[N+]=CC(=O)c1ccccc1.[Na+]. The summed E-state index contributed by atoms with van der Waals surface area (Å²) in [4.78, 5) is 24.8. The Bertz CT molecular complexity index is 1030. The molecule has 2 unspecified atom stereocenters. The largest absolute Gasteiger partial charge is 1.00 e. The molecule has 186 valence electrons. The zero-order valence-corrected chi connectivity index (χ0v) is 21.1. The molecule has 35 heavy (non-hydrogen) atoms. The first-order chi connectivity index (χ1) is 15.7. The quantitative estimate of drug-likeness (QED) is 0.0977. The van der Waals surface area contributed by atoms with Crippen LogP contribution in [0.2, 0.25) is 0 Å². The van der Waals surface area contributed by atoms with Gasteiger partial charge >= 0.3 is 46.8 Å². The van der Waals surface area contributed by atoms with Crippen LogP contribution in [0.3, 0.4) is 0 Å². The second-order valence-corrected chi connectivity index (χ2v) is 7.49. The molecule has 0 heterocycles. The van der Waals surface area contributed by atoms with Gasteiger partial charge in [0, 0.05) is 11.1 Å². The Morgan fingerprint density at radius 1 is 0.886 bits per heavy atom. The Morgan fingerprint density at radius 2 is 1.29 bits per heavy atom. The van der Waals surface area contributed by atoms with Crippen LogP contribution in [0.4, 0.5) is 26.3 Å². The van der Waals surface area contributed by atoms with Gasteiger partial charge in [0.15, 0.2) is 5.78 Å². The van der Waals surface area contributed by atoms with Crippen LogP contribution < -0.4 is 29.6 Å². The molecule has 0 aromatic heterocycles. The Balaban J connectivity index is 0. The van der Waals surface area contributed by atoms with E-state index in [1.54, 1.807) is 42.5 Å². The molecule has 0 amide bonds. The molecule has 0 saturated carbocycles. The summed E-state index contributed by atoms with van der Waals surface area (Å²) >= 11 is -7.39. The normalized spacial score (nSPS) is 12.1. The monoisotopic (exact) mass is 554 g/mol. The fourth-order valence-corrected chi connectivity index (χ4v) is 1.96. The molecule has 2 aromatic carbocycles. The number of hydrogen-bond acceptors (Lipinski definition) is 6. The van der Waals surface area contributed by atoms with Gasteiger partial charge in [-0.15, -0.1) is 0 Å². The molecule has 0 spiro atoms. The number of hydrogen-bond donors (Lipinski definition) is 0. The third-order valence-electron chi connectivity index (χ3n) is 3.00. The Kier molecular flexibility index (Phi) is 17.5. The molecule has 0 N–H and O–H groups in total. The first-order valence-electron chi connectivity index (χ1n) is 8.33. The number of ketones is 2. The molecular formula is C18H13F6N2NaO6S2. The van der Waals surface area contributed by atoms with Crippen LogP contribution in [0.1, 0.15) is 20.7 Å². The summed E-state index contributed by atoms with van der Waals surface area (Å²) in [6.07, 6.45) is 0.870. The number of halogens is 6. The Hall–Kier alpha value is -2.04. The second-order valence-electron chi connectivity index (χ2n) is 5.39. The van der Waals surface area contributed by atoms with Gasteiger partial charge in [-0.3, -0.25) is 18.0 Å². The molecule has 0 saturated heterocycles. The van der Waals surface area contributed by atoms with Crippen molar-refractivity contribution in [1.82, 2.24) is 0 Å². The number of rotatable bonds is 6. The van der Waals surface area contributed by atoms with Crippen LogP contribution >= 0.6 is 0 Å². The predicted octanol–water partition coefficient (Wildman–Crippen LogP) is 0.629. The summed E-state index contributed by atoms with van der Waals surface area (Å²) in [6, 6.07) is 16.3. The minimum absolute atomic E-state index is 0. The van der Waals surface area contributed by atoms with Gasteiger partial charge in [-0.05, 0) is 0 Å². The Labute approximate surface area is 221 Å². The summed E-state index contributed by atoms with van der Waals surface area (Å²) in [6.45, 7) is -0.865. The first-order valence-corrected chi connectivity index (χ1v) is 10.5. The molecule has 8 nitrogen and oxygen atoms in total. The van der Waals surface area contributed by atoms with E-state index >= 15 is 0 Å². The number of carbonyl (C=O) groups excluding carboxylic acids is 2. The van der Waals surface area contributed by atoms with E-state index in [0.717, 1.165) is 6.21 Å². The number of alkyl halides is 6. The topological polar surface area (TPSA) is 137 Å². The van der Waals surface area contributed by atoms with Gasteiger partial charge in [0.05, 0.1) is 11.1 Å². The molecule has 0 aliphatic heterocycles. The average molecular weight is 554 g/mol. The number of nitrogens with zero attached hydrogens (tertiary/aromatic N) is 2. The molecule has 0 aliphatic rings. The maximum absolute atomic E-state index is 11.8. The predicted molar refractivity (Wildman–Crippen MR) is 106 cm³/mol. The molecular weight excluding hydrogens is 541 g/mol. The summed E-state index contributed by atoms with van der Waals surface area (Å²) in [5.74, 6) is -0.953. The van der Waals surface area contributed by atoms with Crippen molar-refractivity contribution in [1.29, 1.82) is 0 Å². The van der Waals surface area contributed by atoms with Crippen molar-refractivity contribution in [2.75, 3.05) is 6.61 Å². The maximum atomic E-state index is 11.8. The summed E-state index contributed by atoms with van der Waals surface area (Å²) in [5, 5.41) is 0. The minimum Gasteiger partial charge on any atom is -0.766 e. The zero-order valence-electron chi connectivity index (χ0n) is 17.5. The van der Waals surface area contributed by atoms with E-state index in [4.69, 9.17) is 14.3 Å². The number of carbonyl (C=O) groups is 2. The van der Waals surface area contributed by atoms with Crippen molar-refractivity contribution in [3.05, 3.63) is 77.3 Å². The van der Waals surface area contributed by atoms with E-state index in [0.29, 0.717) is 5.56 Å². The molecule has 17 heteroatoms. The summed E-state index contributed by atoms with van der Waals surface area (Å²) in [5.41, 5.74) is -1.27. The molecule has 0 aliphatic carbocycles. The van der Waals surface area contributed by atoms with E-state index in [1.807, 2.05) is 6.07 Å². The van der Waals surface area contributed by atoms with Crippen LogP contribution in [0.5, 0.6) is 0 Å². The van der Waals surface area contributed by atoms with Crippen molar-refractivity contribution >= 4 is 39.9 Å². The van der Waals surface area contributed by atoms with Gasteiger partial charge in [0.2, 0.25) is 0 Å². The van der Waals surface area contributed by atoms with Crippen molar-refractivity contribution in [3.63, 3.8) is 0 Å². The zero-order chi connectivity index (χ0) is 26.4. The van der Waals surface area contributed by atoms with Gasteiger partial charge in [-0.25, -0.2) is 4.21 Å². The van der Waals surface area contributed by atoms with Crippen LogP contribution in [0, 0.1) is 0 Å². The van der Waals surface area contributed by atoms with E-state index in [9.17, 15) is 40.1 Å². The average Bonchev–Trinajstić information content (AvgIpc) is 2.78. The smallest absolute Gasteiger partial charge is 0.766 e. The van der Waals surface area contributed by atoms with E-state index in [-0.39, 0.29) is 40.9 Å². The third-order valence-corrected chi connectivity index (χ3v) is 4.09. The third kappa shape index (κ3) is 16.3. The number of benzene rings is 2. The van der Waals surface area contributed by atoms with Crippen LogP contribution in [0.25, 0.3) is 5.53 Å². The van der Waals surface area contributed by atoms with Crippen molar-refractivity contribution in [3.8, 4) is 0 Å². The minimum atomic E-state index is -5.08. The second kappa shape index (κ2) is 17.4. The van der Waals surface area contributed by atoms with E-state index in [1.165, 1.54) is 12.1 Å². The fraction of sp³-hybridized carbons (Fsp3) is 0.167. The van der Waals surface area contributed by atoms with Crippen LogP contribution in [0.15, 0.2) is 60.7 Å². The summed E-state index contributed by atoms with van der Waals surface area (Å²) in [7, 11) is 0. The molecule has 0 bridgehead atoms. The van der Waals surface area contributed by atoms with E-state index < -0.39 is 45.6 Å². The van der Waals surface area contributed by atoms with Gasteiger partial charge in [0.25, 0.3) is 16.9 Å². The fourth-order valence-electron chi connectivity index (χ4n) is 1.61. The van der Waals surface area contributed by atoms with Crippen LogP contribution in [-0.2, 0) is 26.3 Å². The summed E-state index contributed by atoms with van der Waals surface area (Å²) < 4.78 is 99.1. The van der Waals surface area contributed by atoms with Crippen molar-refractivity contribution < 1.29 is 87.4 Å². The maximum Gasteiger partial charge on any atom is 1.00 e. The van der Waals surface area contributed by atoms with E-state index in [2.05, 4.69) is 8.97 Å². The van der Waals surface area contributed by atoms with Crippen molar-refractivity contribution in [2.24, 2.45) is 0 Å². The molecule has 0 fully saturated rings. The van der Waals surface area contributed by atoms with Gasteiger partial charge in [0.1, 0.15) is 6.61 Å². The van der Waals surface area contributed by atoms with Gasteiger partial charge in [-0.1, -0.05) is 60.7 Å². The van der Waals surface area contributed by atoms with Crippen LogP contribution in [-0.4, -0.2) is 53.2 Å². The molecule has 2 aromatic rings. The Morgan fingerprint density at radius 3 is 1.63 bits per heavy atom. The molecule has 2 atom stereocenters. The molecule has 2 rings (SSSR count). The number of Topliss-reactive ketones (excluding diaryl/α,β-unsaturated/α-hetero) is 2. The first kappa shape index (κ1) is 35.1. The molecule has 0 radical (unpaired) electrons. The van der Waals surface area contributed by atoms with Crippen molar-refractivity contribution in [2.45, 2.75) is 11.0 Å². The standard InChI is InChI=1S/C9H7F3O3S.C8H6N2O.CHF3O2S.Na/c10-9(11,12)16(14)15-6-8(13)7-4-2-1-3-5-7;9-10-6-8(11)7-4-2-1-3-5-7;2-1(3,4)7(5)6;/h1-5H,6H2;1-6H;(H,5,6);/q;;;+1/p-1.